The van der Waals surface area contributed by atoms with Crippen LogP contribution in [0.25, 0.3) is 0 Å². The lowest BCUT2D eigenvalue weighted by Gasteiger charge is -2.43. The molecular formula is C36H44FN3O7S. The second-order valence-corrected chi connectivity index (χ2v) is 13.8. The Morgan fingerprint density at radius 2 is 1.48 bits per heavy atom. The van der Waals surface area contributed by atoms with Gasteiger partial charge in [0.15, 0.2) is 5.78 Å². The van der Waals surface area contributed by atoms with Crippen LogP contribution in [0.5, 0.6) is 0 Å². The lowest BCUT2D eigenvalue weighted by Crippen LogP contribution is -2.56. The fourth-order valence-electron chi connectivity index (χ4n) is 6.24. The third-order valence-corrected chi connectivity index (χ3v) is 10.3. The zero-order valence-corrected chi connectivity index (χ0v) is 28.2. The second kappa shape index (κ2) is 16.6. The molecule has 0 aliphatic carbocycles. The summed E-state index contributed by atoms with van der Waals surface area (Å²) in [5, 5.41) is 0. The van der Waals surface area contributed by atoms with E-state index in [9.17, 15) is 22.4 Å². The summed E-state index contributed by atoms with van der Waals surface area (Å²) < 4.78 is 54.0. The normalized spacial score (nSPS) is 16.6. The minimum atomic E-state index is -3.83. The topological polar surface area (TPSA) is 106 Å². The summed E-state index contributed by atoms with van der Waals surface area (Å²) in [6.07, 6.45) is 2.45. The van der Waals surface area contributed by atoms with Crippen LogP contribution in [0.2, 0.25) is 0 Å². The average Bonchev–Trinajstić information content (AvgIpc) is 3.35. The minimum absolute atomic E-state index is 0.00693. The first kappa shape index (κ1) is 35.6. The predicted octanol–water partition coefficient (Wildman–Crippen LogP) is 4.68. The summed E-state index contributed by atoms with van der Waals surface area (Å²) >= 11 is 0. The highest BCUT2D eigenvalue weighted by molar-refractivity contribution is 7.86. The number of amides is 1. The first-order valence-electron chi connectivity index (χ1n) is 16.4. The maximum absolute atomic E-state index is 13.9. The molecule has 10 nitrogen and oxygen atoms in total. The van der Waals surface area contributed by atoms with Gasteiger partial charge in [0.25, 0.3) is 10.1 Å². The van der Waals surface area contributed by atoms with Gasteiger partial charge in [-0.05, 0) is 81.3 Å². The van der Waals surface area contributed by atoms with E-state index in [2.05, 4.69) is 9.80 Å². The van der Waals surface area contributed by atoms with Gasteiger partial charge < -0.3 is 24.2 Å². The lowest BCUT2D eigenvalue weighted by atomic mass is 9.85. The number of nitrogens with zero attached hydrogens (tertiary/aromatic N) is 3. The Bertz CT molecular complexity index is 1600. The Morgan fingerprint density at radius 1 is 0.833 bits per heavy atom. The van der Waals surface area contributed by atoms with Gasteiger partial charge in [-0.25, -0.2) is 4.39 Å². The van der Waals surface area contributed by atoms with Gasteiger partial charge in [0, 0.05) is 37.3 Å². The summed E-state index contributed by atoms with van der Waals surface area (Å²) in [5.74, 6) is -0.248. The fourth-order valence-corrected chi connectivity index (χ4v) is 7.13. The van der Waals surface area contributed by atoms with Crippen LogP contribution >= 0.6 is 0 Å². The second-order valence-electron chi connectivity index (χ2n) is 12.2. The van der Waals surface area contributed by atoms with Crippen molar-refractivity contribution in [3.8, 4) is 0 Å². The molecule has 0 saturated carbocycles. The first-order chi connectivity index (χ1) is 23.2. The predicted molar refractivity (Wildman–Crippen MR) is 180 cm³/mol. The van der Waals surface area contributed by atoms with Crippen LogP contribution in [-0.2, 0) is 28.6 Å². The molecule has 2 fully saturated rings. The number of halogens is 1. The number of para-hydroxylation sites is 1. The largest absolute Gasteiger partial charge is 0.377 e. The van der Waals surface area contributed by atoms with Crippen LogP contribution in [0.15, 0.2) is 83.8 Å². The molecule has 0 bridgehead atoms. The molecule has 258 valence electrons. The van der Waals surface area contributed by atoms with E-state index in [4.69, 9.17) is 13.7 Å². The summed E-state index contributed by atoms with van der Waals surface area (Å²) in [6, 6.07) is 22.1. The molecule has 12 heteroatoms. The number of hydrogen-bond acceptors (Lipinski definition) is 9. The van der Waals surface area contributed by atoms with Crippen molar-refractivity contribution in [2.75, 3.05) is 70.8 Å². The molecule has 2 heterocycles. The SMILES string of the molecule is Cc1ccc(S(=O)(=O)OCCOCCOCCN2CN(c3ccccc3)C3(CCN(CCCC(=O)c4ccc(F)cc4)CC3)C2=O)cc1. The number of aryl methyl sites for hydroxylation is 1. The molecule has 0 unspecified atom stereocenters. The van der Waals surface area contributed by atoms with Crippen molar-refractivity contribution in [3.05, 3.63) is 95.8 Å². The van der Waals surface area contributed by atoms with Gasteiger partial charge in [0.2, 0.25) is 5.91 Å². The van der Waals surface area contributed by atoms with Crippen molar-refractivity contribution in [1.82, 2.24) is 9.80 Å². The molecule has 1 amide bonds. The first-order valence-corrected chi connectivity index (χ1v) is 17.8. The zero-order chi connectivity index (χ0) is 34.0. The molecule has 3 aromatic rings. The number of anilines is 1. The average molecular weight is 682 g/mol. The number of hydrogen-bond donors (Lipinski definition) is 0. The van der Waals surface area contributed by atoms with E-state index in [1.54, 1.807) is 12.1 Å². The number of carbonyl (C=O) groups excluding carboxylic acids is 2. The van der Waals surface area contributed by atoms with Crippen LogP contribution in [0.1, 0.15) is 41.6 Å². The molecule has 2 aliphatic heterocycles. The standard InChI is InChI=1S/C36H44FN3O7S/c1-29-9-15-33(16-10-29)48(43,44)47-27-26-46-25-24-45-23-22-39-28-40(32-6-3-2-4-7-32)36(35(39)42)17-20-38(21-18-36)19-5-8-34(41)30-11-13-31(37)14-12-30/h2-4,6-7,9-16H,5,8,17-28H2,1H3. The van der Waals surface area contributed by atoms with E-state index in [0.717, 1.165) is 30.9 Å². The maximum atomic E-state index is 13.9. The molecule has 3 aromatic carbocycles. The number of piperidine rings is 1. The third kappa shape index (κ3) is 9.06. The van der Waals surface area contributed by atoms with Crippen LogP contribution in [-0.4, -0.2) is 101 Å². The van der Waals surface area contributed by atoms with Crippen LogP contribution in [0.3, 0.4) is 0 Å². The van der Waals surface area contributed by atoms with Crippen LogP contribution in [0, 0.1) is 12.7 Å². The molecule has 5 rings (SSSR count). The minimum Gasteiger partial charge on any atom is -0.377 e. The number of likely N-dealkylation sites (tertiary alicyclic amines) is 1. The van der Waals surface area contributed by atoms with E-state index in [1.165, 1.54) is 36.4 Å². The van der Waals surface area contributed by atoms with Gasteiger partial charge in [-0.3, -0.25) is 13.8 Å². The Balaban J connectivity index is 1.03. The van der Waals surface area contributed by atoms with E-state index in [0.29, 0.717) is 57.7 Å². The molecule has 1 spiro atoms. The van der Waals surface area contributed by atoms with E-state index >= 15 is 0 Å². The molecule has 2 saturated heterocycles. The quantitative estimate of drug-likeness (QED) is 0.114. The van der Waals surface area contributed by atoms with Gasteiger partial charge in [-0.1, -0.05) is 35.9 Å². The zero-order valence-electron chi connectivity index (χ0n) is 27.4. The van der Waals surface area contributed by atoms with E-state index in [1.807, 2.05) is 42.2 Å². The lowest BCUT2D eigenvalue weighted by molar-refractivity contribution is -0.134. The molecule has 0 aromatic heterocycles. The molecular weight excluding hydrogens is 637 g/mol. The molecule has 48 heavy (non-hydrogen) atoms. The van der Waals surface area contributed by atoms with Crippen molar-refractivity contribution < 1.29 is 36.1 Å². The number of ether oxygens (including phenoxy) is 2. The Morgan fingerprint density at radius 3 is 2.17 bits per heavy atom. The Kier molecular flexibility index (Phi) is 12.3. The van der Waals surface area contributed by atoms with Gasteiger partial charge in [0.1, 0.15) is 11.4 Å². The summed E-state index contributed by atoms with van der Waals surface area (Å²) in [5.41, 5.74) is 1.86. The summed E-state index contributed by atoms with van der Waals surface area (Å²) in [7, 11) is -3.83. The Hall–Kier alpha value is -3.68. The number of benzene rings is 3. The Labute approximate surface area is 282 Å². The molecule has 0 atom stereocenters. The smallest absolute Gasteiger partial charge is 0.297 e. The number of rotatable bonds is 17. The molecule has 0 N–H and O–H groups in total. The third-order valence-electron chi connectivity index (χ3n) is 8.96. The van der Waals surface area contributed by atoms with Gasteiger partial charge in [-0.15, -0.1) is 0 Å². The number of Topliss-reactive ketones (excluding diaryl/α,β-unsaturated/α-hetero) is 1. The van der Waals surface area contributed by atoms with Crippen molar-refractivity contribution >= 4 is 27.5 Å². The summed E-state index contributed by atoms with van der Waals surface area (Å²) in [6.45, 7) is 5.99. The van der Waals surface area contributed by atoms with Crippen molar-refractivity contribution in [3.63, 3.8) is 0 Å². The monoisotopic (exact) mass is 681 g/mol. The van der Waals surface area contributed by atoms with Crippen molar-refractivity contribution in [1.29, 1.82) is 0 Å². The highest BCUT2D eigenvalue weighted by atomic mass is 32.2. The number of carbonyl (C=O) groups is 2. The fraction of sp³-hybridized carbons (Fsp3) is 0.444. The van der Waals surface area contributed by atoms with Gasteiger partial charge in [0.05, 0.1) is 44.6 Å². The van der Waals surface area contributed by atoms with Crippen LogP contribution in [0.4, 0.5) is 10.1 Å². The summed E-state index contributed by atoms with van der Waals surface area (Å²) in [4.78, 5) is 33.0. The number of ketones is 1. The molecule has 2 aliphatic rings. The van der Waals surface area contributed by atoms with Crippen molar-refractivity contribution in [2.45, 2.75) is 43.0 Å². The van der Waals surface area contributed by atoms with Gasteiger partial charge >= 0.3 is 0 Å². The van der Waals surface area contributed by atoms with E-state index < -0.39 is 15.7 Å². The van der Waals surface area contributed by atoms with Gasteiger partial charge in [-0.2, -0.15) is 8.42 Å². The van der Waals surface area contributed by atoms with Crippen LogP contribution < -0.4 is 4.90 Å². The van der Waals surface area contributed by atoms with Crippen molar-refractivity contribution in [2.24, 2.45) is 0 Å². The maximum Gasteiger partial charge on any atom is 0.297 e. The molecule has 0 radical (unpaired) electrons. The highest BCUT2D eigenvalue weighted by Gasteiger charge is 2.53. The van der Waals surface area contributed by atoms with E-state index in [-0.39, 0.29) is 42.2 Å². The highest BCUT2D eigenvalue weighted by Crippen LogP contribution is 2.39.